The molecule has 1 aliphatic rings. The van der Waals surface area contributed by atoms with E-state index in [0.29, 0.717) is 0 Å². The molecule has 1 heterocycles. The highest BCUT2D eigenvalue weighted by molar-refractivity contribution is 5.67. The van der Waals surface area contributed by atoms with E-state index in [1.54, 1.807) is 0 Å². The number of carbonyl (C=O) groups excluding carboxylic acids is 1. The molecular formula is C13H16FNO3. The molecule has 0 saturated carbocycles. The van der Waals surface area contributed by atoms with Crippen LogP contribution in [0.2, 0.25) is 0 Å². The van der Waals surface area contributed by atoms with Crippen LogP contribution >= 0.6 is 0 Å². The first-order chi connectivity index (χ1) is 8.66. The lowest BCUT2D eigenvalue weighted by Gasteiger charge is -2.31. The largest absolute Gasteiger partial charge is 0.445 e. The molecule has 2 rings (SSSR count). The predicted molar refractivity (Wildman–Crippen MR) is 63.7 cm³/mol. The third-order valence-electron chi connectivity index (χ3n) is 2.96. The molecule has 0 bridgehead atoms. The van der Waals surface area contributed by atoms with Crippen LogP contribution in [-0.4, -0.2) is 41.5 Å². The number of β-amino-alcohol motifs (C(OH)–C–C–N with tert-alkyl or cyclic N) is 1. The fourth-order valence-electron chi connectivity index (χ4n) is 1.88. The highest BCUT2D eigenvalue weighted by atomic mass is 19.1. The van der Waals surface area contributed by atoms with E-state index in [4.69, 9.17) is 4.74 Å². The van der Waals surface area contributed by atoms with Crippen molar-refractivity contribution < 1.29 is 19.0 Å². The second-order valence-corrected chi connectivity index (χ2v) is 4.36. The van der Waals surface area contributed by atoms with Crippen molar-refractivity contribution in [1.29, 1.82) is 0 Å². The van der Waals surface area contributed by atoms with E-state index in [1.165, 1.54) is 4.90 Å². The molecule has 0 aliphatic carbocycles. The predicted octanol–water partition coefficient (Wildman–Crippen LogP) is 1.73. The van der Waals surface area contributed by atoms with Gasteiger partial charge in [0.2, 0.25) is 0 Å². The van der Waals surface area contributed by atoms with Gasteiger partial charge in [0.25, 0.3) is 0 Å². The van der Waals surface area contributed by atoms with Crippen LogP contribution in [0.3, 0.4) is 0 Å². The van der Waals surface area contributed by atoms with Gasteiger partial charge >= 0.3 is 6.09 Å². The van der Waals surface area contributed by atoms with Crippen molar-refractivity contribution >= 4 is 6.09 Å². The maximum absolute atomic E-state index is 13.0. The van der Waals surface area contributed by atoms with Crippen LogP contribution in [0.5, 0.6) is 0 Å². The number of hydrogen-bond donors (Lipinski definition) is 1. The van der Waals surface area contributed by atoms with Gasteiger partial charge in [-0.15, -0.1) is 0 Å². The molecule has 1 aromatic rings. The van der Waals surface area contributed by atoms with Gasteiger partial charge in [0.1, 0.15) is 18.9 Å². The summed E-state index contributed by atoms with van der Waals surface area (Å²) in [7, 11) is 0. The number of aliphatic hydroxyl groups excluding tert-OH is 1. The lowest BCUT2D eigenvalue weighted by Crippen LogP contribution is -2.47. The van der Waals surface area contributed by atoms with Gasteiger partial charge in [0, 0.05) is 6.54 Å². The number of halogens is 1. The van der Waals surface area contributed by atoms with Gasteiger partial charge in [-0.2, -0.15) is 0 Å². The third kappa shape index (κ3) is 3.20. The first-order valence-electron chi connectivity index (χ1n) is 5.94. The molecule has 4 nitrogen and oxygen atoms in total. The number of likely N-dealkylation sites (tertiary alicyclic amines) is 1. The zero-order valence-corrected chi connectivity index (χ0v) is 9.96. The number of ether oxygens (including phenoxy) is 1. The molecule has 1 N–H and O–H groups in total. The van der Waals surface area contributed by atoms with E-state index >= 15 is 0 Å². The maximum atomic E-state index is 13.0. The zero-order chi connectivity index (χ0) is 13.0. The van der Waals surface area contributed by atoms with Gasteiger partial charge < -0.3 is 14.7 Å². The quantitative estimate of drug-likeness (QED) is 0.873. The Morgan fingerprint density at radius 2 is 2.17 bits per heavy atom. The van der Waals surface area contributed by atoms with Crippen LogP contribution in [0.4, 0.5) is 9.18 Å². The smallest absolute Gasteiger partial charge is 0.410 e. The van der Waals surface area contributed by atoms with Gasteiger partial charge in [-0.05, 0) is 12.0 Å². The summed E-state index contributed by atoms with van der Waals surface area (Å²) >= 11 is 0. The van der Waals surface area contributed by atoms with E-state index in [2.05, 4.69) is 0 Å². The van der Waals surface area contributed by atoms with E-state index in [1.807, 2.05) is 30.3 Å². The number of carbonyl (C=O) groups is 1. The average Bonchev–Trinajstić information content (AvgIpc) is 2.40. The normalized spacial score (nSPS) is 23.8. The number of aliphatic hydroxyl groups is 1. The van der Waals surface area contributed by atoms with Gasteiger partial charge in [0.05, 0.1) is 6.54 Å². The van der Waals surface area contributed by atoms with Crippen LogP contribution in [0.15, 0.2) is 30.3 Å². The number of piperidine rings is 1. The Hall–Kier alpha value is -1.62. The van der Waals surface area contributed by atoms with Crippen molar-refractivity contribution in [3.63, 3.8) is 0 Å². The fraction of sp³-hybridized carbons (Fsp3) is 0.462. The number of benzene rings is 1. The summed E-state index contributed by atoms with van der Waals surface area (Å²) in [6.45, 7) is 0.464. The highest BCUT2D eigenvalue weighted by Crippen LogP contribution is 2.15. The minimum atomic E-state index is -1.25. The van der Waals surface area contributed by atoms with Gasteiger partial charge in [-0.1, -0.05) is 30.3 Å². The van der Waals surface area contributed by atoms with Gasteiger partial charge in [-0.25, -0.2) is 9.18 Å². The minimum Gasteiger partial charge on any atom is -0.445 e. The van der Waals surface area contributed by atoms with Gasteiger partial charge in [-0.3, -0.25) is 0 Å². The van der Waals surface area contributed by atoms with Crippen molar-refractivity contribution in [1.82, 2.24) is 4.90 Å². The first-order valence-corrected chi connectivity index (χ1v) is 5.94. The number of hydrogen-bond acceptors (Lipinski definition) is 3. The lowest BCUT2D eigenvalue weighted by atomic mass is 10.1. The molecule has 1 saturated heterocycles. The minimum absolute atomic E-state index is 0.00517. The van der Waals surface area contributed by atoms with Gasteiger partial charge in [0.15, 0.2) is 0 Å². The standard InChI is InChI=1S/C13H16FNO3/c14-11-6-7-15(8-12(11)16)13(17)18-9-10-4-2-1-3-5-10/h1-5,11-12,16H,6-9H2. The molecule has 1 fully saturated rings. The molecule has 0 radical (unpaired) electrons. The van der Waals surface area contributed by atoms with E-state index < -0.39 is 18.4 Å². The summed E-state index contributed by atoms with van der Waals surface area (Å²) in [5.74, 6) is 0. The van der Waals surface area contributed by atoms with Crippen molar-refractivity contribution in [2.45, 2.75) is 25.3 Å². The number of amides is 1. The zero-order valence-electron chi connectivity index (χ0n) is 9.96. The van der Waals surface area contributed by atoms with Crippen molar-refractivity contribution in [2.24, 2.45) is 0 Å². The molecule has 2 unspecified atom stereocenters. The molecule has 1 aliphatic heterocycles. The first kappa shape index (κ1) is 12.8. The Morgan fingerprint density at radius 3 is 2.83 bits per heavy atom. The summed E-state index contributed by atoms with van der Waals surface area (Å²) in [6, 6.07) is 9.32. The molecule has 2 atom stereocenters. The second-order valence-electron chi connectivity index (χ2n) is 4.36. The summed E-state index contributed by atoms with van der Waals surface area (Å²) in [6.07, 6.45) is -2.71. The monoisotopic (exact) mass is 253 g/mol. The molecule has 1 aromatic carbocycles. The van der Waals surface area contributed by atoms with Crippen LogP contribution in [-0.2, 0) is 11.3 Å². The topological polar surface area (TPSA) is 49.8 Å². The van der Waals surface area contributed by atoms with Crippen LogP contribution in [0, 0.1) is 0 Å². The Morgan fingerprint density at radius 1 is 1.44 bits per heavy atom. The van der Waals surface area contributed by atoms with E-state index in [-0.39, 0.29) is 26.1 Å². The van der Waals surface area contributed by atoms with Crippen LogP contribution in [0.25, 0.3) is 0 Å². The van der Waals surface area contributed by atoms with Crippen LogP contribution < -0.4 is 0 Å². The number of alkyl halides is 1. The lowest BCUT2D eigenvalue weighted by molar-refractivity contribution is -0.000282. The number of rotatable bonds is 2. The SMILES string of the molecule is O=C(OCc1ccccc1)N1CCC(F)C(O)C1. The summed E-state index contributed by atoms with van der Waals surface area (Å²) in [4.78, 5) is 13.0. The second kappa shape index (κ2) is 5.82. The molecule has 1 amide bonds. The molecule has 0 spiro atoms. The summed E-state index contributed by atoms with van der Waals surface area (Å²) < 4.78 is 18.1. The Bertz CT molecular complexity index is 398. The average molecular weight is 253 g/mol. The fourth-order valence-corrected chi connectivity index (χ4v) is 1.88. The summed E-state index contributed by atoms with van der Waals surface area (Å²) in [5.41, 5.74) is 0.895. The maximum Gasteiger partial charge on any atom is 0.410 e. The molecule has 98 valence electrons. The molecule has 18 heavy (non-hydrogen) atoms. The molecular weight excluding hydrogens is 237 g/mol. The van der Waals surface area contributed by atoms with Crippen LogP contribution in [0.1, 0.15) is 12.0 Å². The Labute approximate surface area is 105 Å². The summed E-state index contributed by atoms with van der Waals surface area (Å²) in [5, 5.41) is 9.36. The number of nitrogens with zero attached hydrogens (tertiary/aromatic N) is 1. The third-order valence-corrected chi connectivity index (χ3v) is 2.96. The van der Waals surface area contributed by atoms with Crippen molar-refractivity contribution in [3.05, 3.63) is 35.9 Å². The highest BCUT2D eigenvalue weighted by Gasteiger charge is 2.30. The Balaban J connectivity index is 1.82. The van der Waals surface area contributed by atoms with E-state index in [9.17, 15) is 14.3 Å². The van der Waals surface area contributed by atoms with Crippen molar-refractivity contribution in [3.8, 4) is 0 Å². The molecule has 0 aromatic heterocycles. The molecule has 5 heteroatoms. The van der Waals surface area contributed by atoms with Crippen molar-refractivity contribution in [2.75, 3.05) is 13.1 Å². The Kier molecular flexibility index (Phi) is 4.15. The van der Waals surface area contributed by atoms with E-state index in [0.717, 1.165) is 5.56 Å².